The number of carbonyl (C=O) groups is 1. The van der Waals surface area contributed by atoms with Crippen molar-refractivity contribution in [2.24, 2.45) is 0 Å². The number of para-hydroxylation sites is 1. The number of esters is 1. The van der Waals surface area contributed by atoms with E-state index in [2.05, 4.69) is 20.9 Å². The van der Waals surface area contributed by atoms with Crippen LogP contribution in [0.15, 0.2) is 57.8 Å². The first-order valence-electron chi connectivity index (χ1n) is 7.46. The van der Waals surface area contributed by atoms with Gasteiger partial charge in [-0.1, -0.05) is 24.3 Å². The van der Waals surface area contributed by atoms with E-state index in [0.717, 1.165) is 0 Å². The van der Waals surface area contributed by atoms with Crippen LogP contribution in [-0.2, 0) is 11.3 Å². The maximum absolute atomic E-state index is 12.5. The van der Waals surface area contributed by atoms with Gasteiger partial charge in [0.15, 0.2) is 0 Å². The van der Waals surface area contributed by atoms with Gasteiger partial charge in [0.2, 0.25) is 0 Å². The molecule has 0 amide bonds. The van der Waals surface area contributed by atoms with Gasteiger partial charge in [0, 0.05) is 4.47 Å². The van der Waals surface area contributed by atoms with Gasteiger partial charge in [-0.05, 0) is 47.1 Å². The summed E-state index contributed by atoms with van der Waals surface area (Å²) in [4.78, 5) is 29.0. The lowest BCUT2D eigenvalue weighted by Gasteiger charge is -2.11. The van der Waals surface area contributed by atoms with E-state index >= 15 is 0 Å². The van der Waals surface area contributed by atoms with Crippen LogP contribution in [0.4, 0.5) is 0 Å². The maximum Gasteiger partial charge on any atom is 0.339 e. The second kappa shape index (κ2) is 6.97. The molecule has 122 valence electrons. The van der Waals surface area contributed by atoms with Gasteiger partial charge in [-0.15, -0.1) is 0 Å². The van der Waals surface area contributed by atoms with Crippen LogP contribution in [0.5, 0.6) is 0 Å². The Labute approximate surface area is 147 Å². The van der Waals surface area contributed by atoms with Crippen molar-refractivity contribution >= 4 is 32.8 Å². The van der Waals surface area contributed by atoms with Gasteiger partial charge in [0.05, 0.1) is 23.0 Å². The van der Waals surface area contributed by atoms with Gasteiger partial charge < -0.3 is 4.74 Å². The molecule has 3 rings (SSSR count). The molecule has 0 bridgehead atoms. The minimum absolute atomic E-state index is 0.0981. The summed E-state index contributed by atoms with van der Waals surface area (Å²) in [5, 5.41) is 0.556. The minimum atomic E-state index is -0.429. The Morgan fingerprint density at radius 2 is 1.88 bits per heavy atom. The Morgan fingerprint density at radius 1 is 1.17 bits per heavy atom. The van der Waals surface area contributed by atoms with Crippen molar-refractivity contribution in [3.05, 3.63) is 74.7 Å². The van der Waals surface area contributed by atoms with Crippen molar-refractivity contribution in [1.29, 1.82) is 0 Å². The minimum Gasteiger partial charge on any atom is -0.460 e. The molecule has 2 aromatic carbocycles. The summed E-state index contributed by atoms with van der Waals surface area (Å²) in [6.07, 6.45) is 0. The molecule has 0 saturated carbocycles. The van der Waals surface area contributed by atoms with Crippen molar-refractivity contribution < 1.29 is 9.53 Å². The quantitative estimate of drug-likeness (QED) is 0.645. The Morgan fingerprint density at radius 3 is 2.67 bits per heavy atom. The van der Waals surface area contributed by atoms with Gasteiger partial charge in [-0.2, -0.15) is 0 Å². The number of hydrogen-bond donors (Lipinski definition) is 0. The van der Waals surface area contributed by atoms with Gasteiger partial charge >= 0.3 is 5.97 Å². The summed E-state index contributed by atoms with van der Waals surface area (Å²) < 4.78 is 7.48. The monoisotopic (exact) mass is 386 g/mol. The van der Waals surface area contributed by atoms with Crippen molar-refractivity contribution in [2.75, 3.05) is 6.61 Å². The van der Waals surface area contributed by atoms with Gasteiger partial charge in [0.1, 0.15) is 12.4 Å². The fourth-order valence-electron chi connectivity index (χ4n) is 2.48. The van der Waals surface area contributed by atoms with Crippen LogP contribution >= 0.6 is 15.9 Å². The van der Waals surface area contributed by atoms with Crippen LogP contribution in [0.25, 0.3) is 10.9 Å². The third-order valence-electron chi connectivity index (χ3n) is 3.69. The van der Waals surface area contributed by atoms with Gasteiger partial charge in [0.25, 0.3) is 5.56 Å². The molecule has 3 aromatic rings. The molecule has 0 fully saturated rings. The molecule has 0 N–H and O–H groups in total. The van der Waals surface area contributed by atoms with Crippen LogP contribution in [0.1, 0.15) is 16.2 Å². The van der Waals surface area contributed by atoms with Gasteiger partial charge in [-0.25, -0.2) is 9.78 Å². The highest BCUT2D eigenvalue weighted by atomic mass is 79.9. The number of hydrogen-bond acceptors (Lipinski definition) is 4. The standard InChI is InChI=1S/C18H15BrN2O3/c1-12-20-16-9-5-3-7-14(16)17(22)21(12)10-11-24-18(23)13-6-2-4-8-15(13)19/h2-9H,10-11H2,1H3. The highest BCUT2D eigenvalue weighted by molar-refractivity contribution is 9.10. The lowest BCUT2D eigenvalue weighted by atomic mass is 10.2. The van der Waals surface area contributed by atoms with Crippen molar-refractivity contribution in [1.82, 2.24) is 9.55 Å². The molecule has 0 saturated heterocycles. The second-order valence-corrected chi connectivity index (χ2v) is 6.10. The van der Waals surface area contributed by atoms with E-state index < -0.39 is 5.97 Å². The predicted octanol–water partition coefficient (Wildman–Crippen LogP) is 3.32. The summed E-state index contributed by atoms with van der Waals surface area (Å²) in [7, 11) is 0. The van der Waals surface area contributed by atoms with E-state index in [1.165, 1.54) is 4.57 Å². The lowest BCUT2D eigenvalue weighted by molar-refractivity contribution is 0.0488. The highest BCUT2D eigenvalue weighted by Crippen LogP contribution is 2.16. The third-order valence-corrected chi connectivity index (χ3v) is 4.39. The second-order valence-electron chi connectivity index (χ2n) is 5.25. The molecule has 5 nitrogen and oxygen atoms in total. The molecular weight excluding hydrogens is 372 g/mol. The van der Waals surface area contributed by atoms with E-state index in [-0.39, 0.29) is 18.7 Å². The van der Waals surface area contributed by atoms with Crippen LogP contribution in [-0.4, -0.2) is 22.1 Å². The number of nitrogens with zero attached hydrogens (tertiary/aromatic N) is 2. The Kier molecular flexibility index (Phi) is 4.76. The maximum atomic E-state index is 12.5. The molecule has 24 heavy (non-hydrogen) atoms. The molecule has 0 aliphatic heterocycles. The summed E-state index contributed by atoms with van der Waals surface area (Å²) in [6, 6.07) is 14.2. The Hall–Kier alpha value is -2.47. The fourth-order valence-corrected chi connectivity index (χ4v) is 2.92. The lowest BCUT2D eigenvalue weighted by Crippen LogP contribution is -2.26. The zero-order valence-electron chi connectivity index (χ0n) is 13.0. The molecular formula is C18H15BrN2O3. The molecule has 0 aliphatic carbocycles. The number of carbonyl (C=O) groups excluding carboxylic acids is 1. The number of ether oxygens (including phenoxy) is 1. The van der Waals surface area contributed by atoms with Crippen LogP contribution < -0.4 is 5.56 Å². The predicted molar refractivity (Wildman–Crippen MR) is 95.2 cm³/mol. The highest BCUT2D eigenvalue weighted by Gasteiger charge is 2.12. The molecule has 0 aliphatic rings. The first-order chi connectivity index (χ1) is 11.6. The van der Waals surface area contributed by atoms with Crippen LogP contribution in [0.3, 0.4) is 0 Å². The average molecular weight is 387 g/mol. The van der Waals surface area contributed by atoms with E-state index in [0.29, 0.717) is 26.8 Å². The molecule has 1 aromatic heterocycles. The normalized spacial score (nSPS) is 10.8. The topological polar surface area (TPSA) is 61.2 Å². The number of rotatable bonds is 4. The van der Waals surface area contributed by atoms with Crippen molar-refractivity contribution in [3.63, 3.8) is 0 Å². The van der Waals surface area contributed by atoms with Crippen molar-refractivity contribution in [2.45, 2.75) is 13.5 Å². The zero-order valence-corrected chi connectivity index (χ0v) is 14.6. The number of fused-ring (bicyclic) bond motifs is 1. The van der Waals surface area contributed by atoms with E-state index in [9.17, 15) is 9.59 Å². The smallest absolute Gasteiger partial charge is 0.339 e. The van der Waals surface area contributed by atoms with E-state index in [1.807, 2.05) is 12.1 Å². The summed E-state index contributed by atoms with van der Waals surface area (Å²) in [5.74, 6) is 0.164. The van der Waals surface area contributed by atoms with Crippen LogP contribution in [0, 0.1) is 6.92 Å². The molecule has 1 heterocycles. The molecule has 0 radical (unpaired) electrons. The largest absolute Gasteiger partial charge is 0.460 e. The molecule has 0 spiro atoms. The summed E-state index contributed by atoms with van der Waals surface area (Å²) in [5.41, 5.74) is 0.995. The Bertz CT molecular complexity index is 966. The molecule has 0 unspecified atom stereocenters. The average Bonchev–Trinajstić information content (AvgIpc) is 2.58. The van der Waals surface area contributed by atoms with E-state index in [1.54, 1.807) is 43.3 Å². The molecule has 0 atom stereocenters. The third kappa shape index (κ3) is 3.23. The van der Waals surface area contributed by atoms with Crippen LogP contribution in [0.2, 0.25) is 0 Å². The first-order valence-corrected chi connectivity index (χ1v) is 8.25. The van der Waals surface area contributed by atoms with Crippen molar-refractivity contribution in [3.8, 4) is 0 Å². The van der Waals surface area contributed by atoms with E-state index in [4.69, 9.17) is 4.74 Å². The summed E-state index contributed by atoms with van der Waals surface area (Å²) >= 11 is 3.32. The molecule has 6 heteroatoms. The zero-order chi connectivity index (χ0) is 17.1. The summed E-state index contributed by atoms with van der Waals surface area (Å²) in [6.45, 7) is 2.13. The number of halogens is 1. The SMILES string of the molecule is Cc1nc2ccccc2c(=O)n1CCOC(=O)c1ccccc1Br. The Balaban J connectivity index is 1.76. The number of aromatic nitrogens is 2. The fraction of sp³-hybridized carbons (Fsp3) is 0.167. The number of aryl methyl sites for hydroxylation is 1. The number of benzene rings is 2. The first kappa shape index (κ1) is 16.4. The van der Waals surface area contributed by atoms with Gasteiger partial charge in [-0.3, -0.25) is 9.36 Å².